The Morgan fingerprint density at radius 1 is 1.56 bits per heavy atom. The molecule has 0 bridgehead atoms. The number of fused-ring (bicyclic) bond motifs is 1. The van der Waals surface area contributed by atoms with Crippen molar-refractivity contribution in [2.75, 3.05) is 6.54 Å². The Bertz CT molecular complexity index is 531. The van der Waals surface area contributed by atoms with Crippen LogP contribution in [-0.2, 0) is 0 Å². The molecule has 2 heterocycles. The van der Waals surface area contributed by atoms with Gasteiger partial charge in [-0.1, -0.05) is 5.92 Å². The average Bonchev–Trinajstić information content (AvgIpc) is 2.73. The lowest BCUT2D eigenvalue weighted by atomic mass is 10.1. The van der Waals surface area contributed by atoms with Gasteiger partial charge in [-0.2, -0.15) is 0 Å². The molecule has 0 aromatic carbocycles. The van der Waals surface area contributed by atoms with Gasteiger partial charge in [0.1, 0.15) is 5.65 Å². The largest absolute Gasteiger partial charge is 0.346 e. The van der Waals surface area contributed by atoms with Crippen LogP contribution < -0.4 is 5.32 Å². The minimum absolute atomic E-state index is 0.277. The van der Waals surface area contributed by atoms with Gasteiger partial charge < -0.3 is 4.98 Å². The van der Waals surface area contributed by atoms with Gasteiger partial charge in [0.2, 0.25) is 0 Å². The minimum Gasteiger partial charge on any atom is -0.346 e. The summed E-state index contributed by atoms with van der Waals surface area (Å²) in [6, 6.07) is 4.31. The zero-order valence-electron chi connectivity index (χ0n) is 9.54. The molecule has 2 N–H and O–H groups in total. The highest BCUT2D eigenvalue weighted by Crippen LogP contribution is 2.21. The summed E-state index contributed by atoms with van der Waals surface area (Å²) < 4.78 is 0. The Hall–Kier alpha value is -1.79. The molecule has 3 heteroatoms. The van der Waals surface area contributed by atoms with Crippen molar-refractivity contribution >= 4 is 11.0 Å². The SMILES string of the molecule is CC#CCNC(C)c1c[nH]c2ncccc12. The summed E-state index contributed by atoms with van der Waals surface area (Å²) in [5.41, 5.74) is 2.17. The molecular weight excluding hydrogens is 198 g/mol. The van der Waals surface area contributed by atoms with E-state index in [0.717, 1.165) is 5.65 Å². The normalized spacial score (nSPS) is 12.1. The van der Waals surface area contributed by atoms with Gasteiger partial charge in [-0.25, -0.2) is 4.98 Å². The van der Waals surface area contributed by atoms with Crippen LogP contribution in [0.4, 0.5) is 0 Å². The van der Waals surface area contributed by atoms with Crippen LogP contribution in [0.25, 0.3) is 11.0 Å². The lowest BCUT2D eigenvalue weighted by Crippen LogP contribution is -2.18. The molecule has 0 spiro atoms. The van der Waals surface area contributed by atoms with Crippen molar-refractivity contribution in [1.29, 1.82) is 0 Å². The molecule has 1 unspecified atom stereocenters. The third kappa shape index (κ3) is 2.07. The van der Waals surface area contributed by atoms with E-state index in [0.29, 0.717) is 6.54 Å². The summed E-state index contributed by atoms with van der Waals surface area (Å²) >= 11 is 0. The Labute approximate surface area is 95.3 Å². The van der Waals surface area contributed by atoms with Crippen molar-refractivity contribution in [3.05, 3.63) is 30.1 Å². The van der Waals surface area contributed by atoms with Crippen LogP contribution in [0.3, 0.4) is 0 Å². The fourth-order valence-electron chi connectivity index (χ4n) is 1.74. The number of H-pyrrole nitrogens is 1. The molecule has 16 heavy (non-hydrogen) atoms. The maximum Gasteiger partial charge on any atom is 0.137 e. The predicted octanol–water partition coefficient (Wildman–Crippen LogP) is 2.24. The van der Waals surface area contributed by atoms with E-state index in [-0.39, 0.29) is 6.04 Å². The fourth-order valence-corrected chi connectivity index (χ4v) is 1.74. The smallest absolute Gasteiger partial charge is 0.137 e. The maximum absolute atomic E-state index is 4.27. The van der Waals surface area contributed by atoms with Crippen LogP contribution in [0.5, 0.6) is 0 Å². The molecule has 2 rings (SSSR count). The van der Waals surface area contributed by atoms with Crippen molar-refractivity contribution < 1.29 is 0 Å². The molecule has 82 valence electrons. The van der Waals surface area contributed by atoms with E-state index < -0.39 is 0 Å². The number of hydrogen-bond acceptors (Lipinski definition) is 2. The maximum atomic E-state index is 4.27. The van der Waals surface area contributed by atoms with E-state index in [2.05, 4.69) is 40.1 Å². The summed E-state index contributed by atoms with van der Waals surface area (Å²) in [4.78, 5) is 7.44. The topological polar surface area (TPSA) is 40.7 Å². The van der Waals surface area contributed by atoms with Crippen molar-refractivity contribution in [3.63, 3.8) is 0 Å². The lowest BCUT2D eigenvalue weighted by molar-refractivity contribution is 0.627. The van der Waals surface area contributed by atoms with E-state index in [4.69, 9.17) is 0 Å². The molecule has 0 amide bonds. The molecule has 3 nitrogen and oxygen atoms in total. The molecule has 0 fully saturated rings. The minimum atomic E-state index is 0.277. The average molecular weight is 213 g/mol. The van der Waals surface area contributed by atoms with E-state index >= 15 is 0 Å². The van der Waals surface area contributed by atoms with Crippen LogP contribution in [0.15, 0.2) is 24.5 Å². The zero-order chi connectivity index (χ0) is 11.4. The number of pyridine rings is 1. The molecule has 0 aliphatic rings. The second kappa shape index (κ2) is 4.82. The first-order chi connectivity index (χ1) is 7.83. The molecule has 2 aromatic rings. The predicted molar refractivity (Wildman–Crippen MR) is 66.0 cm³/mol. The quantitative estimate of drug-likeness (QED) is 0.768. The Balaban J connectivity index is 2.21. The summed E-state index contributed by atoms with van der Waals surface area (Å²) in [7, 11) is 0. The number of rotatable bonds is 3. The summed E-state index contributed by atoms with van der Waals surface area (Å²) in [6.07, 6.45) is 3.80. The van der Waals surface area contributed by atoms with Crippen LogP contribution >= 0.6 is 0 Å². The van der Waals surface area contributed by atoms with Crippen LogP contribution in [-0.4, -0.2) is 16.5 Å². The number of nitrogens with one attached hydrogen (secondary N) is 2. The molecule has 0 saturated heterocycles. The third-order valence-electron chi connectivity index (χ3n) is 2.62. The Morgan fingerprint density at radius 3 is 3.25 bits per heavy atom. The summed E-state index contributed by atoms with van der Waals surface area (Å²) in [5, 5.41) is 4.53. The summed E-state index contributed by atoms with van der Waals surface area (Å²) in [5.74, 6) is 5.88. The van der Waals surface area contributed by atoms with Crippen LogP contribution in [0.1, 0.15) is 25.5 Å². The zero-order valence-corrected chi connectivity index (χ0v) is 9.54. The van der Waals surface area contributed by atoms with Gasteiger partial charge in [0, 0.05) is 23.8 Å². The highest BCUT2D eigenvalue weighted by molar-refractivity contribution is 5.79. The first-order valence-corrected chi connectivity index (χ1v) is 5.38. The van der Waals surface area contributed by atoms with E-state index in [1.807, 2.05) is 19.2 Å². The molecule has 0 aliphatic carbocycles. The van der Waals surface area contributed by atoms with Gasteiger partial charge in [0.25, 0.3) is 0 Å². The summed E-state index contributed by atoms with van der Waals surface area (Å²) in [6.45, 7) is 4.69. The van der Waals surface area contributed by atoms with Crippen LogP contribution in [0.2, 0.25) is 0 Å². The van der Waals surface area contributed by atoms with Gasteiger partial charge in [0.15, 0.2) is 0 Å². The van der Waals surface area contributed by atoms with Crippen molar-refractivity contribution in [1.82, 2.24) is 15.3 Å². The van der Waals surface area contributed by atoms with E-state index in [9.17, 15) is 0 Å². The van der Waals surface area contributed by atoms with Crippen LogP contribution in [0, 0.1) is 11.8 Å². The van der Waals surface area contributed by atoms with Gasteiger partial charge >= 0.3 is 0 Å². The number of hydrogen-bond donors (Lipinski definition) is 2. The molecule has 2 aromatic heterocycles. The second-order valence-electron chi connectivity index (χ2n) is 3.67. The molecule has 0 saturated carbocycles. The molecular formula is C13H15N3. The fraction of sp³-hybridized carbons (Fsp3) is 0.308. The van der Waals surface area contributed by atoms with Gasteiger partial charge in [-0.05, 0) is 31.5 Å². The van der Waals surface area contributed by atoms with Crippen molar-refractivity contribution in [2.45, 2.75) is 19.9 Å². The number of nitrogens with zero attached hydrogens (tertiary/aromatic N) is 1. The molecule has 1 atom stereocenters. The van der Waals surface area contributed by atoms with Crippen molar-refractivity contribution in [2.24, 2.45) is 0 Å². The lowest BCUT2D eigenvalue weighted by Gasteiger charge is -2.10. The van der Waals surface area contributed by atoms with E-state index in [1.165, 1.54) is 10.9 Å². The number of aromatic nitrogens is 2. The first kappa shape index (κ1) is 10.7. The van der Waals surface area contributed by atoms with Gasteiger partial charge in [-0.15, -0.1) is 5.92 Å². The van der Waals surface area contributed by atoms with Gasteiger partial charge in [0.05, 0.1) is 6.54 Å². The highest BCUT2D eigenvalue weighted by atomic mass is 14.9. The monoisotopic (exact) mass is 213 g/mol. The molecule has 0 radical (unpaired) electrons. The standard InChI is InChI=1S/C13H15N3/c1-3-4-7-14-10(2)12-9-16-13-11(12)6-5-8-15-13/h5-6,8-10,14H,7H2,1-2H3,(H,15,16). The molecule has 0 aliphatic heterocycles. The highest BCUT2D eigenvalue weighted by Gasteiger charge is 2.09. The second-order valence-corrected chi connectivity index (χ2v) is 3.67. The van der Waals surface area contributed by atoms with E-state index in [1.54, 1.807) is 6.20 Å². The van der Waals surface area contributed by atoms with Gasteiger partial charge in [-0.3, -0.25) is 5.32 Å². The van der Waals surface area contributed by atoms with Crippen molar-refractivity contribution in [3.8, 4) is 11.8 Å². The first-order valence-electron chi connectivity index (χ1n) is 5.38. The Morgan fingerprint density at radius 2 is 2.44 bits per heavy atom. The number of aromatic amines is 1. The Kier molecular flexibility index (Phi) is 3.23. The third-order valence-corrected chi connectivity index (χ3v) is 2.62.